The normalized spacial score (nSPS) is 10.3. The molecule has 5 nitrogen and oxygen atoms in total. The van der Waals surface area contributed by atoms with Crippen molar-refractivity contribution in [2.24, 2.45) is 7.05 Å². The molecule has 0 radical (unpaired) electrons. The lowest BCUT2D eigenvalue weighted by Gasteiger charge is -2.05. The van der Waals surface area contributed by atoms with Crippen molar-refractivity contribution < 1.29 is 9.90 Å². The maximum absolute atomic E-state index is 11.8. The molecule has 0 aliphatic carbocycles. The molecular weight excluding hydrogens is 254 g/mol. The van der Waals surface area contributed by atoms with Crippen molar-refractivity contribution in [3.63, 3.8) is 0 Å². The highest BCUT2D eigenvalue weighted by Gasteiger charge is 2.11. The van der Waals surface area contributed by atoms with E-state index < -0.39 is 0 Å². The molecule has 2 rings (SSSR count). The number of carbonyl (C=O) groups excluding carboxylic acids is 1. The van der Waals surface area contributed by atoms with Gasteiger partial charge in [-0.25, -0.2) is 0 Å². The lowest BCUT2D eigenvalue weighted by atomic mass is 10.2. The third-order valence-electron chi connectivity index (χ3n) is 2.42. The minimum atomic E-state index is -0.354. The van der Waals surface area contributed by atoms with Gasteiger partial charge >= 0.3 is 0 Å². The fourth-order valence-corrected chi connectivity index (χ4v) is 1.70. The van der Waals surface area contributed by atoms with Crippen molar-refractivity contribution in [1.29, 1.82) is 0 Å². The molecule has 0 aliphatic heterocycles. The Morgan fingerprint density at radius 2 is 2.33 bits per heavy atom. The van der Waals surface area contributed by atoms with Crippen molar-refractivity contribution in [2.45, 2.75) is 6.54 Å². The van der Waals surface area contributed by atoms with E-state index in [2.05, 4.69) is 10.4 Å². The predicted molar refractivity (Wildman–Crippen MR) is 67.5 cm³/mol. The maximum atomic E-state index is 11.8. The Bertz CT molecular complexity index is 580. The summed E-state index contributed by atoms with van der Waals surface area (Å²) in [6, 6.07) is 4.37. The number of aryl methyl sites for hydroxylation is 1. The van der Waals surface area contributed by atoms with Crippen LogP contribution in [-0.4, -0.2) is 20.8 Å². The standard InChI is InChI=1S/C12H12ClN3O2/c1-16-7-8(6-15-16)5-14-12(18)10-3-2-9(13)4-11(10)17/h2-4,6-7,17H,5H2,1H3,(H,14,18). The summed E-state index contributed by atoms with van der Waals surface area (Å²) >= 11 is 5.69. The number of nitrogens with one attached hydrogen (secondary N) is 1. The Morgan fingerprint density at radius 1 is 1.56 bits per heavy atom. The van der Waals surface area contributed by atoms with Crippen LogP contribution in [-0.2, 0) is 13.6 Å². The fraction of sp³-hybridized carbons (Fsp3) is 0.167. The molecule has 0 unspecified atom stereocenters. The molecule has 0 bridgehead atoms. The minimum Gasteiger partial charge on any atom is -0.507 e. The zero-order valence-corrected chi connectivity index (χ0v) is 10.5. The lowest BCUT2D eigenvalue weighted by molar-refractivity contribution is 0.0948. The summed E-state index contributed by atoms with van der Waals surface area (Å²) in [6.07, 6.45) is 3.48. The van der Waals surface area contributed by atoms with Gasteiger partial charge in [0.15, 0.2) is 0 Å². The van der Waals surface area contributed by atoms with Gasteiger partial charge in [-0.3, -0.25) is 9.48 Å². The molecule has 1 heterocycles. The van der Waals surface area contributed by atoms with Crippen molar-refractivity contribution in [2.75, 3.05) is 0 Å². The smallest absolute Gasteiger partial charge is 0.255 e. The van der Waals surface area contributed by atoms with Gasteiger partial charge in [0.1, 0.15) is 5.75 Å². The summed E-state index contributed by atoms with van der Waals surface area (Å²) in [4.78, 5) is 11.8. The highest BCUT2D eigenvalue weighted by atomic mass is 35.5. The van der Waals surface area contributed by atoms with E-state index in [0.29, 0.717) is 11.6 Å². The van der Waals surface area contributed by atoms with E-state index in [9.17, 15) is 9.90 Å². The first-order chi connectivity index (χ1) is 8.56. The number of aromatic nitrogens is 2. The van der Waals surface area contributed by atoms with Gasteiger partial charge in [-0.2, -0.15) is 5.10 Å². The molecule has 0 aliphatic rings. The van der Waals surface area contributed by atoms with Crippen molar-refractivity contribution in [3.05, 3.63) is 46.7 Å². The van der Waals surface area contributed by atoms with E-state index in [4.69, 9.17) is 11.6 Å². The number of nitrogens with zero attached hydrogens (tertiary/aromatic N) is 2. The van der Waals surface area contributed by atoms with E-state index in [1.165, 1.54) is 12.1 Å². The highest BCUT2D eigenvalue weighted by Crippen LogP contribution is 2.21. The number of benzene rings is 1. The molecule has 18 heavy (non-hydrogen) atoms. The van der Waals surface area contributed by atoms with Crippen molar-refractivity contribution >= 4 is 17.5 Å². The van der Waals surface area contributed by atoms with Crippen LogP contribution in [0.1, 0.15) is 15.9 Å². The van der Waals surface area contributed by atoms with Gasteiger partial charge in [0, 0.05) is 30.4 Å². The number of phenolic OH excluding ortho intramolecular Hbond substituents is 1. The number of hydrogen-bond donors (Lipinski definition) is 2. The quantitative estimate of drug-likeness (QED) is 0.888. The highest BCUT2D eigenvalue weighted by molar-refractivity contribution is 6.30. The van der Waals surface area contributed by atoms with Crippen LogP contribution in [0.3, 0.4) is 0 Å². The number of carbonyl (C=O) groups is 1. The van der Waals surface area contributed by atoms with E-state index in [1.54, 1.807) is 24.0 Å². The van der Waals surface area contributed by atoms with Gasteiger partial charge < -0.3 is 10.4 Å². The molecule has 1 amide bonds. The van der Waals surface area contributed by atoms with Crippen molar-refractivity contribution in [3.8, 4) is 5.75 Å². The number of rotatable bonds is 3. The van der Waals surface area contributed by atoms with Crippen molar-refractivity contribution in [1.82, 2.24) is 15.1 Å². The Kier molecular flexibility index (Phi) is 3.53. The molecule has 0 atom stereocenters. The molecule has 1 aromatic carbocycles. The largest absolute Gasteiger partial charge is 0.507 e. The second kappa shape index (κ2) is 5.10. The number of hydrogen-bond acceptors (Lipinski definition) is 3. The molecule has 94 valence electrons. The van der Waals surface area contributed by atoms with Crippen LogP contribution in [0.4, 0.5) is 0 Å². The molecule has 0 spiro atoms. The molecule has 0 saturated heterocycles. The van der Waals surface area contributed by atoms with Gasteiger partial charge in [-0.15, -0.1) is 0 Å². The van der Waals surface area contributed by atoms with Gasteiger partial charge in [-0.1, -0.05) is 11.6 Å². The molecule has 2 aromatic rings. The molecule has 6 heteroatoms. The molecule has 0 fully saturated rings. The molecule has 2 N–H and O–H groups in total. The first-order valence-corrected chi connectivity index (χ1v) is 5.68. The van der Waals surface area contributed by atoms with Crippen LogP contribution in [0.5, 0.6) is 5.75 Å². The number of phenols is 1. The summed E-state index contributed by atoms with van der Waals surface area (Å²) < 4.78 is 1.65. The Labute approximate surface area is 109 Å². The van der Waals surface area contributed by atoms with Crippen LogP contribution in [0.15, 0.2) is 30.6 Å². The van der Waals surface area contributed by atoms with Gasteiger partial charge in [0.25, 0.3) is 5.91 Å². The predicted octanol–water partition coefficient (Wildman–Crippen LogP) is 1.71. The van der Waals surface area contributed by atoms with Crippen LogP contribution in [0.25, 0.3) is 0 Å². The Balaban J connectivity index is 2.03. The summed E-state index contributed by atoms with van der Waals surface area (Å²) in [7, 11) is 1.80. The summed E-state index contributed by atoms with van der Waals surface area (Å²) in [5, 5.41) is 16.7. The Hall–Kier alpha value is -2.01. The van der Waals surface area contributed by atoms with E-state index in [-0.39, 0.29) is 17.2 Å². The molecule has 1 aromatic heterocycles. The number of amides is 1. The number of aromatic hydroxyl groups is 1. The minimum absolute atomic E-state index is 0.133. The molecule has 0 saturated carbocycles. The third kappa shape index (κ3) is 2.81. The van der Waals surface area contributed by atoms with Crippen LogP contribution in [0, 0.1) is 0 Å². The average molecular weight is 266 g/mol. The Morgan fingerprint density at radius 3 is 2.94 bits per heavy atom. The van der Waals surface area contributed by atoms with Crippen LogP contribution in [0.2, 0.25) is 5.02 Å². The number of halogens is 1. The lowest BCUT2D eigenvalue weighted by Crippen LogP contribution is -2.22. The summed E-state index contributed by atoms with van der Waals surface area (Å²) in [6.45, 7) is 0.356. The first kappa shape index (κ1) is 12.4. The zero-order chi connectivity index (χ0) is 13.1. The summed E-state index contributed by atoms with van der Waals surface area (Å²) in [5.74, 6) is -0.487. The molecular formula is C12H12ClN3O2. The van der Waals surface area contributed by atoms with E-state index >= 15 is 0 Å². The second-order valence-electron chi connectivity index (χ2n) is 3.87. The third-order valence-corrected chi connectivity index (χ3v) is 2.65. The zero-order valence-electron chi connectivity index (χ0n) is 9.72. The second-order valence-corrected chi connectivity index (χ2v) is 4.30. The van der Waals surface area contributed by atoms with E-state index in [1.807, 2.05) is 6.20 Å². The average Bonchev–Trinajstić information content (AvgIpc) is 2.72. The van der Waals surface area contributed by atoms with Crippen LogP contribution < -0.4 is 5.32 Å². The van der Waals surface area contributed by atoms with Gasteiger partial charge in [-0.05, 0) is 18.2 Å². The topological polar surface area (TPSA) is 67.2 Å². The van der Waals surface area contributed by atoms with Crippen LogP contribution >= 0.6 is 11.6 Å². The monoisotopic (exact) mass is 265 g/mol. The maximum Gasteiger partial charge on any atom is 0.255 e. The fourth-order valence-electron chi connectivity index (χ4n) is 1.54. The van der Waals surface area contributed by atoms with Gasteiger partial charge in [0.05, 0.1) is 11.8 Å². The first-order valence-electron chi connectivity index (χ1n) is 5.30. The summed E-state index contributed by atoms with van der Waals surface area (Å²) in [5.41, 5.74) is 1.09. The SMILES string of the molecule is Cn1cc(CNC(=O)c2ccc(Cl)cc2O)cn1. The van der Waals surface area contributed by atoms with Gasteiger partial charge in [0.2, 0.25) is 0 Å². The van der Waals surface area contributed by atoms with E-state index in [0.717, 1.165) is 5.56 Å².